The zero-order valence-electron chi connectivity index (χ0n) is 16.1. The van der Waals surface area contributed by atoms with Gasteiger partial charge in [0.2, 0.25) is 5.95 Å². The smallest absolute Gasteiger partial charge is 0.332 e. The molecule has 0 amide bonds. The lowest BCUT2D eigenvalue weighted by atomic mass is 10.4. The molecule has 0 fully saturated rings. The summed E-state index contributed by atoms with van der Waals surface area (Å²) < 4.78 is 4.27. The van der Waals surface area contributed by atoms with E-state index in [-0.39, 0.29) is 5.56 Å². The summed E-state index contributed by atoms with van der Waals surface area (Å²) in [5.41, 5.74) is 0.00635. The third-order valence-electron chi connectivity index (χ3n) is 4.66. The highest BCUT2D eigenvalue weighted by Gasteiger charge is 2.18. The topological polar surface area (TPSA) is 78.3 Å². The second-order valence-electron chi connectivity index (χ2n) is 6.35. The van der Waals surface area contributed by atoms with Crippen molar-refractivity contribution in [2.24, 2.45) is 14.1 Å². The predicted octanol–water partition coefficient (Wildman–Crippen LogP) is -0.0871. The fourth-order valence-electron chi connectivity index (χ4n) is 2.93. The van der Waals surface area contributed by atoms with Crippen molar-refractivity contribution in [3.05, 3.63) is 31.9 Å². The molecule has 2 aromatic heterocycles. The van der Waals surface area contributed by atoms with Gasteiger partial charge in [-0.1, -0.05) is 17.7 Å². The number of fused-ring (bicyclic) bond motifs is 1. The maximum atomic E-state index is 12.7. The molecule has 0 spiro atoms. The number of halogens is 1. The van der Waals surface area contributed by atoms with Crippen molar-refractivity contribution in [2.45, 2.75) is 27.3 Å². The molecule has 2 rings (SSSR count). The van der Waals surface area contributed by atoms with Crippen LogP contribution in [0.4, 0.5) is 5.95 Å². The number of quaternary nitrogens is 1. The van der Waals surface area contributed by atoms with Crippen LogP contribution in [0, 0.1) is 0 Å². The minimum absolute atomic E-state index is 0.362. The van der Waals surface area contributed by atoms with E-state index in [2.05, 4.69) is 24.1 Å². The van der Waals surface area contributed by atoms with E-state index in [4.69, 9.17) is 11.6 Å². The van der Waals surface area contributed by atoms with Gasteiger partial charge in [-0.3, -0.25) is 13.9 Å². The zero-order valence-corrected chi connectivity index (χ0v) is 16.9. The van der Waals surface area contributed by atoms with Gasteiger partial charge < -0.3 is 14.8 Å². The molecule has 144 valence electrons. The van der Waals surface area contributed by atoms with Gasteiger partial charge in [0.15, 0.2) is 11.2 Å². The van der Waals surface area contributed by atoms with Gasteiger partial charge in [-0.2, -0.15) is 4.98 Å². The van der Waals surface area contributed by atoms with E-state index >= 15 is 0 Å². The molecule has 0 atom stereocenters. The van der Waals surface area contributed by atoms with Crippen LogP contribution in [0.15, 0.2) is 20.7 Å². The fourth-order valence-corrected chi connectivity index (χ4v) is 3.00. The van der Waals surface area contributed by atoms with Crippen LogP contribution in [0.25, 0.3) is 11.2 Å². The predicted molar refractivity (Wildman–Crippen MR) is 105 cm³/mol. The third-order valence-corrected chi connectivity index (χ3v) is 4.82. The maximum absolute atomic E-state index is 12.7. The molecule has 8 nitrogen and oxygen atoms in total. The summed E-state index contributed by atoms with van der Waals surface area (Å²) in [4.78, 5) is 30.8. The van der Waals surface area contributed by atoms with Crippen LogP contribution in [-0.2, 0) is 20.6 Å². The Balaban J connectivity index is 2.51. The molecule has 0 aromatic carbocycles. The van der Waals surface area contributed by atoms with E-state index in [0.717, 1.165) is 30.7 Å². The highest BCUT2D eigenvalue weighted by molar-refractivity contribution is 6.29. The molecule has 2 heterocycles. The number of allylic oxidation sites excluding steroid dienone is 2. The SMILES string of the molecule is CC[NH+](CC)CCNc1nc2c(c(=O)n(C)c(=O)n2C)n1C/C=C(\C)Cl. The first-order valence-electron chi connectivity index (χ1n) is 8.87. The molecule has 2 N–H and O–H groups in total. The third kappa shape index (κ3) is 4.02. The minimum Gasteiger partial charge on any atom is -0.350 e. The average Bonchev–Trinajstić information content (AvgIpc) is 2.98. The van der Waals surface area contributed by atoms with E-state index in [0.29, 0.717) is 28.7 Å². The van der Waals surface area contributed by atoms with Crippen LogP contribution in [-0.4, -0.2) is 44.9 Å². The lowest BCUT2D eigenvalue weighted by Crippen LogP contribution is -3.12. The normalized spacial score (nSPS) is 12.3. The first kappa shape index (κ1) is 20.3. The number of nitrogens with one attached hydrogen (secondary N) is 2. The Morgan fingerprint density at radius 2 is 1.88 bits per heavy atom. The number of rotatable bonds is 8. The van der Waals surface area contributed by atoms with Crippen LogP contribution in [0.2, 0.25) is 0 Å². The molecule has 26 heavy (non-hydrogen) atoms. The minimum atomic E-state index is -0.393. The van der Waals surface area contributed by atoms with Crippen molar-refractivity contribution in [1.82, 2.24) is 18.7 Å². The zero-order chi connectivity index (χ0) is 19.4. The van der Waals surface area contributed by atoms with E-state index in [9.17, 15) is 9.59 Å². The number of aromatic nitrogens is 4. The molecule has 0 saturated heterocycles. The van der Waals surface area contributed by atoms with Gasteiger partial charge >= 0.3 is 5.69 Å². The van der Waals surface area contributed by atoms with E-state index in [1.807, 2.05) is 6.08 Å². The van der Waals surface area contributed by atoms with E-state index in [1.165, 1.54) is 16.5 Å². The summed E-state index contributed by atoms with van der Waals surface area (Å²) in [6.45, 7) is 10.3. The van der Waals surface area contributed by atoms with Crippen LogP contribution < -0.4 is 21.5 Å². The molecule has 0 aliphatic carbocycles. The Bertz CT molecular complexity index is 916. The van der Waals surface area contributed by atoms with Crippen molar-refractivity contribution in [3.63, 3.8) is 0 Å². The molecule has 2 aromatic rings. The van der Waals surface area contributed by atoms with Gasteiger partial charge in [0.25, 0.3) is 5.56 Å². The molecule has 0 radical (unpaired) electrons. The quantitative estimate of drug-likeness (QED) is 0.668. The van der Waals surface area contributed by atoms with E-state index in [1.54, 1.807) is 18.5 Å². The molecule has 9 heteroatoms. The van der Waals surface area contributed by atoms with Crippen molar-refractivity contribution >= 4 is 28.7 Å². The van der Waals surface area contributed by atoms with Gasteiger partial charge in [-0.25, -0.2) is 4.79 Å². The van der Waals surface area contributed by atoms with Crippen LogP contribution >= 0.6 is 11.6 Å². The first-order chi connectivity index (χ1) is 12.3. The van der Waals surface area contributed by atoms with Crippen LogP contribution in [0.1, 0.15) is 20.8 Å². The summed E-state index contributed by atoms with van der Waals surface area (Å²) in [5, 5.41) is 3.95. The van der Waals surface area contributed by atoms with Gasteiger partial charge in [0.05, 0.1) is 26.2 Å². The van der Waals surface area contributed by atoms with Gasteiger partial charge in [0.1, 0.15) is 0 Å². The van der Waals surface area contributed by atoms with Crippen molar-refractivity contribution in [3.8, 4) is 0 Å². The van der Waals surface area contributed by atoms with E-state index < -0.39 is 5.69 Å². The first-order valence-corrected chi connectivity index (χ1v) is 9.25. The van der Waals surface area contributed by atoms with Crippen LogP contribution in [0.3, 0.4) is 0 Å². The number of aryl methyl sites for hydroxylation is 1. The Hall–Kier alpha value is -2.06. The number of likely N-dealkylation sites (N-methyl/N-ethyl adjacent to an activating group) is 1. The van der Waals surface area contributed by atoms with Crippen LogP contribution in [0.5, 0.6) is 0 Å². The van der Waals surface area contributed by atoms with Gasteiger partial charge in [-0.15, -0.1) is 0 Å². The number of anilines is 1. The standard InChI is InChI=1S/C17H27ClN6O2/c1-6-23(7-2)11-9-19-16-20-14-13(24(16)10-8-12(3)18)15(25)22(5)17(26)21(14)4/h8H,6-7,9-11H2,1-5H3,(H,19,20)/p+1/b12-8+. The largest absolute Gasteiger partial charge is 0.350 e. The molecule has 0 saturated carbocycles. The summed E-state index contributed by atoms with van der Waals surface area (Å²) in [6, 6.07) is 0. The lowest BCUT2D eigenvalue weighted by Gasteiger charge is -2.16. The molecule has 0 aliphatic rings. The second-order valence-corrected chi connectivity index (χ2v) is 6.94. The van der Waals surface area contributed by atoms with Gasteiger partial charge in [-0.05, 0) is 20.8 Å². The number of hydrogen-bond acceptors (Lipinski definition) is 4. The Morgan fingerprint density at radius 3 is 2.46 bits per heavy atom. The summed E-state index contributed by atoms with van der Waals surface area (Å²) >= 11 is 5.97. The van der Waals surface area contributed by atoms with Crippen molar-refractivity contribution in [2.75, 3.05) is 31.5 Å². The van der Waals surface area contributed by atoms with Gasteiger partial charge in [0, 0.05) is 25.7 Å². The Kier molecular flexibility index (Phi) is 6.66. The summed E-state index contributed by atoms with van der Waals surface area (Å²) in [6.07, 6.45) is 1.81. The number of hydrogen-bond donors (Lipinski definition) is 2. The average molecular weight is 384 g/mol. The molecule has 0 bridgehead atoms. The summed E-state index contributed by atoms with van der Waals surface area (Å²) in [5.74, 6) is 0.569. The number of imidazole rings is 1. The highest BCUT2D eigenvalue weighted by Crippen LogP contribution is 2.16. The lowest BCUT2D eigenvalue weighted by molar-refractivity contribution is -0.894. The molecular weight excluding hydrogens is 356 g/mol. The Labute approximate surface area is 157 Å². The fraction of sp³-hybridized carbons (Fsp3) is 0.588. The second kappa shape index (κ2) is 8.55. The highest BCUT2D eigenvalue weighted by atomic mass is 35.5. The summed E-state index contributed by atoms with van der Waals surface area (Å²) in [7, 11) is 3.09. The molecular formula is C17H28ClN6O2+. The molecule has 0 unspecified atom stereocenters. The van der Waals surface area contributed by atoms with Crippen molar-refractivity contribution < 1.29 is 4.90 Å². The Morgan fingerprint density at radius 1 is 1.23 bits per heavy atom. The van der Waals surface area contributed by atoms with Crippen molar-refractivity contribution in [1.29, 1.82) is 0 Å². The number of nitrogens with zero attached hydrogens (tertiary/aromatic N) is 4. The monoisotopic (exact) mass is 383 g/mol. The molecule has 0 aliphatic heterocycles. The maximum Gasteiger partial charge on any atom is 0.332 e.